The zero-order valence-electron chi connectivity index (χ0n) is 6.41. The van der Waals surface area contributed by atoms with E-state index in [2.05, 4.69) is 17.9 Å². The molecule has 0 unspecified atom stereocenters. The van der Waals surface area contributed by atoms with Gasteiger partial charge in [-0.15, -0.1) is 0 Å². The van der Waals surface area contributed by atoms with Gasteiger partial charge in [0, 0.05) is 18.4 Å². The monoisotopic (exact) mass is 183 g/mol. The van der Waals surface area contributed by atoms with Gasteiger partial charge in [-0.05, 0) is 12.2 Å². The van der Waals surface area contributed by atoms with Crippen LogP contribution in [-0.2, 0) is 9.59 Å². The molecule has 64 valence electrons. The largest absolute Gasteiger partial charge is 0.381 e. The third-order valence-corrected chi connectivity index (χ3v) is 1.60. The number of nitrogens with one attached hydrogen (secondary N) is 1. The molecule has 0 bridgehead atoms. The minimum atomic E-state index is -0.156. The highest BCUT2D eigenvalue weighted by molar-refractivity contribution is 7.80. The number of hydrogen-bond acceptors (Lipinski definition) is 4. The number of carbonyl (C=O) groups is 2. The zero-order chi connectivity index (χ0) is 8.97. The first-order valence-corrected chi connectivity index (χ1v) is 4.20. The average molecular weight is 183 g/mol. The maximum atomic E-state index is 11.1. The number of thiol groups is 1. The van der Waals surface area contributed by atoms with Crippen LogP contribution in [0.3, 0.4) is 0 Å². The van der Waals surface area contributed by atoms with Crippen molar-refractivity contribution in [3.8, 4) is 0 Å². The summed E-state index contributed by atoms with van der Waals surface area (Å²) in [7, 11) is 0. The Morgan fingerprint density at radius 1 is 1.33 bits per heavy atom. The van der Waals surface area contributed by atoms with Crippen molar-refractivity contribution in [2.45, 2.75) is 0 Å². The number of carbonyl (C=O) groups excluding carboxylic acids is 2. The fraction of sp³-hybridized carbons (Fsp3) is 0.250. The highest BCUT2D eigenvalue weighted by Gasteiger charge is 2.11. The molecule has 0 saturated carbocycles. The number of hydrogen-bond donors (Lipinski definition) is 2. The van der Waals surface area contributed by atoms with E-state index in [1.54, 1.807) is 0 Å². The van der Waals surface area contributed by atoms with Gasteiger partial charge in [-0.25, -0.2) is 0 Å². The van der Waals surface area contributed by atoms with E-state index in [0.29, 0.717) is 18.0 Å². The Kier molecular flexibility index (Phi) is 3.10. The molecule has 1 aliphatic rings. The summed E-state index contributed by atoms with van der Waals surface area (Å²) in [5.41, 5.74) is 0.358. The second kappa shape index (κ2) is 4.11. The van der Waals surface area contributed by atoms with Crippen LogP contribution < -0.4 is 5.32 Å². The van der Waals surface area contributed by atoms with Crippen LogP contribution in [0, 0.1) is 0 Å². The van der Waals surface area contributed by atoms with E-state index in [-0.39, 0.29) is 11.6 Å². The molecule has 1 N–H and O–H groups in total. The van der Waals surface area contributed by atoms with Gasteiger partial charge in [0.25, 0.3) is 0 Å². The lowest BCUT2D eigenvalue weighted by atomic mass is 10.1. The van der Waals surface area contributed by atoms with E-state index in [9.17, 15) is 9.59 Å². The third kappa shape index (κ3) is 2.23. The van der Waals surface area contributed by atoms with Gasteiger partial charge in [-0.3, -0.25) is 9.59 Å². The van der Waals surface area contributed by atoms with Crippen LogP contribution in [0.25, 0.3) is 0 Å². The molecule has 0 aromatic heterocycles. The summed E-state index contributed by atoms with van der Waals surface area (Å²) in [6, 6.07) is 0. The Hall–Kier alpha value is -1.03. The smallest absolute Gasteiger partial charge is 0.201 e. The van der Waals surface area contributed by atoms with Crippen LogP contribution in [0.1, 0.15) is 0 Å². The van der Waals surface area contributed by atoms with Crippen molar-refractivity contribution in [2.75, 3.05) is 12.3 Å². The van der Waals surface area contributed by atoms with E-state index in [4.69, 9.17) is 0 Å². The van der Waals surface area contributed by atoms with Gasteiger partial charge in [-0.2, -0.15) is 12.6 Å². The summed E-state index contributed by atoms with van der Waals surface area (Å²) in [5.74, 6) is 0.315. The van der Waals surface area contributed by atoms with E-state index >= 15 is 0 Å². The van der Waals surface area contributed by atoms with Crippen LogP contribution in [-0.4, -0.2) is 23.9 Å². The first-order chi connectivity index (χ1) is 5.74. The quantitative estimate of drug-likeness (QED) is 0.482. The fourth-order valence-electron chi connectivity index (χ4n) is 0.838. The van der Waals surface area contributed by atoms with Gasteiger partial charge < -0.3 is 5.32 Å². The van der Waals surface area contributed by atoms with Crippen LogP contribution >= 0.6 is 12.6 Å². The Balaban J connectivity index is 2.62. The second-order valence-electron chi connectivity index (χ2n) is 2.31. The molecule has 1 rings (SSSR count). The third-order valence-electron chi connectivity index (χ3n) is 1.38. The van der Waals surface area contributed by atoms with Gasteiger partial charge in [0.2, 0.25) is 5.78 Å². The summed E-state index contributed by atoms with van der Waals surface area (Å²) in [6.07, 6.45) is 3.82. The molecule has 0 aliphatic heterocycles. The van der Waals surface area contributed by atoms with E-state index in [0.717, 1.165) is 0 Å². The molecule has 0 aromatic rings. The van der Waals surface area contributed by atoms with Crippen LogP contribution in [0.5, 0.6) is 0 Å². The molecule has 12 heavy (non-hydrogen) atoms. The van der Waals surface area contributed by atoms with Gasteiger partial charge in [0.15, 0.2) is 5.78 Å². The van der Waals surface area contributed by atoms with Crippen molar-refractivity contribution in [1.29, 1.82) is 0 Å². The zero-order valence-corrected chi connectivity index (χ0v) is 7.30. The summed E-state index contributed by atoms with van der Waals surface area (Å²) in [5, 5.41) is 2.81. The van der Waals surface area contributed by atoms with Gasteiger partial charge in [0.1, 0.15) is 0 Å². The van der Waals surface area contributed by atoms with Crippen molar-refractivity contribution in [3.05, 3.63) is 23.9 Å². The van der Waals surface area contributed by atoms with Crippen molar-refractivity contribution < 1.29 is 9.59 Å². The summed E-state index contributed by atoms with van der Waals surface area (Å²) >= 11 is 3.97. The van der Waals surface area contributed by atoms with E-state index in [1.165, 1.54) is 18.2 Å². The summed E-state index contributed by atoms with van der Waals surface area (Å²) in [6.45, 7) is 0.585. The number of rotatable bonds is 3. The molecule has 0 spiro atoms. The molecule has 0 fully saturated rings. The summed E-state index contributed by atoms with van der Waals surface area (Å²) < 4.78 is 0. The lowest BCUT2D eigenvalue weighted by Gasteiger charge is -2.07. The van der Waals surface area contributed by atoms with Crippen molar-refractivity contribution in [3.63, 3.8) is 0 Å². The Morgan fingerprint density at radius 2 is 2.08 bits per heavy atom. The maximum absolute atomic E-state index is 11.1. The standard InChI is InChI=1S/C8H9NO2S/c10-6-1-2-8(11)7(5-6)9-3-4-12/h1-2,5,9,12H,3-4H2. The lowest BCUT2D eigenvalue weighted by molar-refractivity contribution is -0.114. The first-order valence-electron chi connectivity index (χ1n) is 3.57. The maximum Gasteiger partial charge on any atom is 0.201 e. The Morgan fingerprint density at radius 3 is 2.75 bits per heavy atom. The number of ketones is 2. The molecule has 0 saturated heterocycles. The molecule has 0 atom stereocenters. The topological polar surface area (TPSA) is 46.2 Å². The molecule has 3 nitrogen and oxygen atoms in total. The molecule has 0 aromatic carbocycles. The number of allylic oxidation sites excluding steroid dienone is 3. The van der Waals surface area contributed by atoms with E-state index < -0.39 is 0 Å². The first kappa shape index (κ1) is 9.06. The second-order valence-corrected chi connectivity index (χ2v) is 2.76. The van der Waals surface area contributed by atoms with Crippen molar-refractivity contribution in [1.82, 2.24) is 5.32 Å². The molecular formula is C8H9NO2S. The molecule has 0 radical (unpaired) electrons. The van der Waals surface area contributed by atoms with Crippen LogP contribution in [0.2, 0.25) is 0 Å². The SMILES string of the molecule is O=C1C=CC(=O)C(NCCS)=C1. The van der Waals surface area contributed by atoms with E-state index in [1.807, 2.05) is 0 Å². The van der Waals surface area contributed by atoms with Crippen molar-refractivity contribution >= 4 is 24.2 Å². The predicted octanol–water partition coefficient (Wildman–Crippen LogP) is 0.0977. The normalized spacial score (nSPS) is 16.2. The highest BCUT2D eigenvalue weighted by atomic mass is 32.1. The van der Waals surface area contributed by atoms with Crippen LogP contribution in [0.15, 0.2) is 23.9 Å². The minimum Gasteiger partial charge on any atom is -0.381 e. The molecule has 0 heterocycles. The molecule has 1 aliphatic carbocycles. The Bertz CT molecular complexity index is 268. The summed E-state index contributed by atoms with van der Waals surface area (Å²) in [4.78, 5) is 21.9. The van der Waals surface area contributed by atoms with Crippen molar-refractivity contribution in [2.24, 2.45) is 0 Å². The van der Waals surface area contributed by atoms with Gasteiger partial charge >= 0.3 is 0 Å². The average Bonchev–Trinajstić information content (AvgIpc) is 2.07. The lowest BCUT2D eigenvalue weighted by Crippen LogP contribution is -2.24. The predicted molar refractivity (Wildman–Crippen MR) is 49.1 cm³/mol. The van der Waals surface area contributed by atoms with Gasteiger partial charge in [-0.1, -0.05) is 0 Å². The van der Waals surface area contributed by atoms with Gasteiger partial charge in [0.05, 0.1) is 5.70 Å². The Labute approximate surface area is 75.9 Å². The molecule has 4 heteroatoms. The fourth-order valence-corrected chi connectivity index (χ4v) is 0.950. The highest BCUT2D eigenvalue weighted by Crippen LogP contribution is 2.01. The minimum absolute atomic E-state index is 0.156. The molecular weight excluding hydrogens is 174 g/mol. The molecule has 0 amide bonds. The van der Waals surface area contributed by atoms with Crippen LogP contribution in [0.4, 0.5) is 0 Å².